The van der Waals surface area contributed by atoms with Gasteiger partial charge in [0.1, 0.15) is 5.75 Å². The Morgan fingerprint density at radius 1 is 1.06 bits per heavy atom. The van der Waals surface area contributed by atoms with Crippen molar-refractivity contribution in [3.63, 3.8) is 0 Å². The molecule has 0 saturated carbocycles. The highest BCUT2D eigenvalue weighted by Gasteiger charge is 2.17. The number of ether oxygens (including phenoxy) is 1. The van der Waals surface area contributed by atoms with Crippen molar-refractivity contribution in [2.45, 2.75) is 33.2 Å². The number of imidazole rings is 1. The van der Waals surface area contributed by atoms with Crippen LogP contribution in [-0.2, 0) is 13.0 Å². The van der Waals surface area contributed by atoms with Crippen LogP contribution in [0.5, 0.6) is 5.75 Å². The lowest BCUT2D eigenvalue weighted by molar-refractivity contribution is 0.412. The van der Waals surface area contributed by atoms with Gasteiger partial charge in [-0.25, -0.2) is 4.79 Å². The molecule has 0 radical (unpaired) electrons. The fourth-order valence-corrected chi connectivity index (χ4v) is 4.48. The highest BCUT2D eigenvalue weighted by Crippen LogP contribution is 2.29. The second-order valence-electron chi connectivity index (χ2n) is 8.59. The van der Waals surface area contributed by atoms with E-state index in [1.54, 1.807) is 24.1 Å². The molecule has 3 aromatic heterocycles. The number of nitrogens with zero attached hydrogens (tertiary/aromatic N) is 6. The number of aromatic nitrogens is 7. The van der Waals surface area contributed by atoms with Crippen LogP contribution in [0, 0.1) is 6.92 Å². The summed E-state index contributed by atoms with van der Waals surface area (Å²) in [5.41, 5.74) is 6.43. The van der Waals surface area contributed by atoms with Crippen LogP contribution < -0.4 is 10.4 Å². The maximum atomic E-state index is 13.6. The number of nitrogens with one attached hydrogen (secondary N) is 1. The van der Waals surface area contributed by atoms with Gasteiger partial charge in [-0.15, -0.1) is 10.2 Å². The molecule has 9 nitrogen and oxygen atoms in total. The van der Waals surface area contributed by atoms with Gasteiger partial charge in [0.2, 0.25) is 5.82 Å². The van der Waals surface area contributed by atoms with Gasteiger partial charge in [-0.2, -0.15) is 5.21 Å². The number of pyridine rings is 1. The van der Waals surface area contributed by atoms with Gasteiger partial charge in [0.05, 0.1) is 19.3 Å². The minimum atomic E-state index is -0.0817. The molecule has 0 aliphatic heterocycles. The van der Waals surface area contributed by atoms with E-state index < -0.39 is 0 Å². The SMILES string of the molecule is CCCc1cn(-c2c(C)cccc2OC)c(=O)n1Cc1ccc(-c2cnccc2-c2nn[nH]n2)cc1. The van der Waals surface area contributed by atoms with Gasteiger partial charge < -0.3 is 4.74 Å². The number of H-pyrrole nitrogens is 1. The summed E-state index contributed by atoms with van der Waals surface area (Å²) in [6, 6.07) is 15.8. The van der Waals surface area contributed by atoms with Crippen LogP contribution in [0.1, 0.15) is 30.2 Å². The van der Waals surface area contributed by atoms with Crippen LogP contribution >= 0.6 is 0 Å². The van der Waals surface area contributed by atoms with E-state index in [1.807, 2.05) is 66.2 Å². The molecule has 3 heterocycles. The first-order valence-electron chi connectivity index (χ1n) is 11.8. The molecule has 0 amide bonds. The number of hydrogen-bond donors (Lipinski definition) is 1. The fourth-order valence-electron chi connectivity index (χ4n) is 4.48. The second-order valence-corrected chi connectivity index (χ2v) is 8.59. The Morgan fingerprint density at radius 2 is 1.89 bits per heavy atom. The third-order valence-electron chi connectivity index (χ3n) is 6.24. The topological polar surface area (TPSA) is 104 Å². The Labute approximate surface area is 208 Å². The van der Waals surface area contributed by atoms with E-state index in [1.165, 1.54) is 0 Å². The Kier molecular flexibility index (Phi) is 6.44. The number of hydrogen-bond acceptors (Lipinski definition) is 6. The van der Waals surface area contributed by atoms with Crippen molar-refractivity contribution in [2.75, 3.05) is 7.11 Å². The van der Waals surface area contributed by atoms with Crippen molar-refractivity contribution >= 4 is 0 Å². The lowest BCUT2D eigenvalue weighted by Crippen LogP contribution is -2.25. The van der Waals surface area contributed by atoms with E-state index in [4.69, 9.17) is 4.74 Å². The zero-order valence-corrected chi connectivity index (χ0v) is 20.5. The predicted molar refractivity (Wildman–Crippen MR) is 137 cm³/mol. The van der Waals surface area contributed by atoms with E-state index in [-0.39, 0.29) is 5.69 Å². The minimum Gasteiger partial charge on any atom is -0.495 e. The van der Waals surface area contributed by atoms with E-state index >= 15 is 0 Å². The molecule has 0 saturated heterocycles. The van der Waals surface area contributed by atoms with Crippen LogP contribution in [0.4, 0.5) is 0 Å². The number of benzene rings is 2. The highest BCUT2D eigenvalue weighted by molar-refractivity contribution is 5.79. The summed E-state index contributed by atoms with van der Waals surface area (Å²) >= 11 is 0. The standard InChI is InChI=1S/C27H27N7O2/c1-4-6-21-17-34(25-18(2)7-5-8-24(25)36-3)27(35)33(21)16-19-9-11-20(12-10-19)23-15-28-14-13-22(23)26-29-31-32-30-26/h5,7-15,17H,4,6,16H2,1-3H3,(H,29,30,31,32). The number of aryl methyl sites for hydroxylation is 2. The molecule has 5 aromatic rings. The second kappa shape index (κ2) is 9.99. The summed E-state index contributed by atoms with van der Waals surface area (Å²) in [6.07, 6.45) is 7.18. The van der Waals surface area contributed by atoms with Crippen LogP contribution in [-0.4, -0.2) is 41.9 Å². The van der Waals surface area contributed by atoms with Crippen LogP contribution in [0.25, 0.3) is 28.2 Å². The van der Waals surface area contributed by atoms with Crippen LogP contribution in [0.2, 0.25) is 0 Å². The maximum absolute atomic E-state index is 13.6. The van der Waals surface area contributed by atoms with Gasteiger partial charge in [-0.05, 0) is 47.4 Å². The van der Waals surface area contributed by atoms with Gasteiger partial charge in [0.15, 0.2) is 0 Å². The lowest BCUT2D eigenvalue weighted by atomic mass is 10.0. The maximum Gasteiger partial charge on any atom is 0.333 e. The highest BCUT2D eigenvalue weighted by atomic mass is 16.5. The average molecular weight is 482 g/mol. The van der Waals surface area contributed by atoms with Crippen molar-refractivity contribution in [2.24, 2.45) is 0 Å². The van der Waals surface area contributed by atoms with Gasteiger partial charge >= 0.3 is 5.69 Å². The Balaban J connectivity index is 1.50. The van der Waals surface area contributed by atoms with E-state index in [9.17, 15) is 4.79 Å². The molecule has 0 fully saturated rings. The molecule has 0 spiro atoms. The molecule has 0 atom stereocenters. The summed E-state index contributed by atoms with van der Waals surface area (Å²) in [7, 11) is 1.63. The molecule has 0 unspecified atom stereocenters. The fraction of sp³-hybridized carbons (Fsp3) is 0.222. The predicted octanol–water partition coefficient (Wildman–Crippen LogP) is 4.20. The molecule has 1 N–H and O–H groups in total. The largest absolute Gasteiger partial charge is 0.495 e. The Hall–Kier alpha value is -4.53. The van der Waals surface area contributed by atoms with Gasteiger partial charge in [0, 0.05) is 35.4 Å². The van der Waals surface area contributed by atoms with Gasteiger partial charge in [-0.1, -0.05) is 49.7 Å². The zero-order valence-electron chi connectivity index (χ0n) is 20.5. The molecule has 9 heteroatoms. The molecule has 5 rings (SSSR count). The number of aromatic amines is 1. The summed E-state index contributed by atoms with van der Waals surface area (Å²) < 4.78 is 9.12. The van der Waals surface area contributed by atoms with Crippen molar-refractivity contribution in [3.8, 4) is 34.0 Å². The quantitative estimate of drug-likeness (QED) is 0.356. The molecular formula is C27H27N7O2. The Bertz CT molecular complexity index is 1530. The normalized spacial score (nSPS) is 11.1. The summed E-state index contributed by atoms with van der Waals surface area (Å²) in [5, 5.41) is 14.4. The summed E-state index contributed by atoms with van der Waals surface area (Å²) in [6.45, 7) is 4.58. The van der Waals surface area contributed by atoms with Crippen molar-refractivity contribution < 1.29 is 4.74 Å². The van der Waals surface area contributed by atoms with Crippen molar-refractivity contribution in [3.05, 3.63) is 94.4 Å². The molecule has 182 valence electrons. The van der Waals surface area contributed by atoms with E-state index in [2.05, 4.69) is 32.5 Å². The Morgan fingerprint density at radius 3 is 2.61 bits per heavy atom. The smallest absolute Gasteiger partial charge is 0.333 e. The number of methoxy groups -OCH3 is 1. The third-order valence-corrected chi connectivity index (χ3v) is 6.24. The summed E-state index contributed by atoms with van der Waals surface area (Å²) in [5.74, 6) is 1.19. The summed E-state index contributed by atoms with van der Waals surface area (Å²) in [4.78, 5) is 17.9. The monoisotopic (exact) mass is 481 g/mol. The number of para-hydroxylation sites is 1. The van der Waals surface area contributed by atoms with Gasteiger partial charge in [0.25, 0.3) is 0 Å². The van der Waals surface area contributed by atoms with E-state index in [0.29, 0.717) is 18.1 Å². The van der Waals surface area contributed by atoms with Crippen LogP contribution in [0.15, 0.2) is 71.9 Å². The first-order valence-corrected chi connectivity index (χ1v) is 11.8. The number of tetrazole rings is 1. The zero-order chi connectivity index (χ0) is 25.1. The molecule has 0 bridgehead atoms. The van der Waals surface area contributed by atoms with Crippen molar-refractivity contribution in [1.82, 2.24) is 34.7 Å². The lowest BCUT2D eigenvalue weighted by Gasteiger charge is -2.11. The molecule has 0 aliphatic carbocycles. The molecule has 0 aliphatic rings. The molecule has 36 heavy (non-hydrogen) atoms. The minimum absolute atomic E-state index is 0.0817. The van der Waals surface area contributed by atoms with Crippen molar-refractivity contribution in [1.29, 1.82) is 0 Å². The van der Waals surface area contributed by atoms with E-state index in [0.717, 1.165) is 52.0 Å². The first kappa shape index (κ1) is 23.2. The van der Waals surface area contributed by atoms with Gasteiger partial charge in [-0.3, -0.25) is 14.1 Å². The molecular weight excluding hydrogens is 454 g/mol. The average Bonchev–Trinajstić information content (AvgIpc) is 3.54. The third kappa shape index (κ3) is 4.31. The van der Waals surface area contributed by atoms with Crippen LogP contribution in [0.3, 0.4) is 0 Å². The molecule has 2 aromatic carbocycles. The number of rotatable bonds is 8. The first-order chi connectivity index (χ1) is 17.6.